The molecule has 9 rings (SSSR count). The van der Waals surface area contributed by atoms with Gasteiger partial charge < -0.3 is 29.6 Å². The van der Waals surface area contributed by atoms with Crippen molar-refractivity contribution in [3.8, 4) is 23.0 Å². The predicted molar refractivity (Wildman–Crippen MR) is 287 cm³/mol. The van der Waals surface area contributed by atoms with E-state index in [0.29, 0.717) is 101 Å². The average Bonchev–Trinajstić information content (AvgIpc) is 3.90. The van der Waals surface area contributed by atoms with Crippen LogP contribution in [0.4, 0.5) is 28.4 Å². The van der Waals surface area contributed by atoms with Gasteiger partial charge in [0.15, 0.2) is 28.8 Å². The van der Waals surface area contributed by atoms with Crippen LogP contribution in [0.5, 0.6) is 23.0 Å². The first-order valence-electron chi connectivity index (χ1n) is 25.6. The molecule has 4 aliphatic heterocycles. The SMILES string of the molecule is CCC(=O)CCCCC(=O)N[C@H](C(=O)C[C@@H](C)C(=O)Nc1cc(COc2cc3c(cc2OC)C(=O)N2c4ccccc4C[C@H]2C=N3)cc(COc2cc3c(cc2OC)C(=O)N2c4ccccc4C[C@H]2C=N3)c1)C(C)C. The topological polar surface area (TPSA) is 195 Å². The number of ether oxygens (including phenoxy) is 4. The van der Waals surface area contributed by atoms with Crippen LogP contribution in [-0.2, 0) is 45.2 Å². The normalized spacial score (nSPS) is 16.6. The lowest BCUT2D eigenvalue weighted by Crippen LogP contribution is -2.45. The first-order chi connectivity index (χ1) is 36.2. The number of ketones is 2. The molecule has 4 atom stereocenters. The molecule has 0 aliphatic carbocycles. The lowest BCUT2D eigenvalue weighted by molar-refractivity contribution is -0.131. The summed E-state index contributed by atoms with van der Waals surface area (Å²) < 4.78 is 24.4. The fourth-order valence-corrected chi connectivity index (χ4v) is 10.1. The molecule has 0 radical (unpaired) electrons. The largest absolute Gasteiger partial charge is 0.493 e. The monoisotopic (exact) mass is 1010 g/mol. The fraction of sp³-hybridized carbons (Fsp3) is 0.356. The Labute approximate surface area is 436 Å². The number of hydrogen-bond donors (Lipinski definition) is 2. The van der Waals surface area contributed by atoms with E-state index in [-0.39, 0.29) is 73.3 Å². The van der Waals surface area contributed by atoms with E-state index >= 15 is 0 Å². The van der Waals surface area contributed by atoms with Crippen LogP contribution in [-0.4, -0.2) is 80.0 Å². The molecule has 4 amide bonds. The highest BCUT2D eigenvalue weighted by Crippen LogP contribution is 2.43. The third-order valence-electron chi connectivity index (χ3n) is 14.2. The van der Waals surface area contributed by atoms with Crippen molar-refractivity contribution in [1.29, 1.82) is 0 Å². The molecular weight excluding hydrogens is 953 g/mol. The van der Waals surface area contributed by atoms with Crippen molar-refractivity contribution in [2.45, 2.75) is 110 Å². The summed E-state index contributed by atoms with van der Waals surface area (Å²) in [5.74, 6) is -0.857. The number of fused-ring (bicyclic) bond motifs is 8. The van der Waals surface area contributed by atoms with Crippen LogP contribution >= 0.6 is 0 Å². The number of nitrogens with one attached hydrogen (secondary N) is 2. The lowest BCUT2D eigenvalue weighted by atomic mass is 9.92. The Morgan fingerprint density at radius 3 is 1.67 bits per heavy atom. The number of carbonyl (C=O) groups excluding carboxylic acids is 6. The van der Waals surface area contributed by atoms with Crippen molar-refractivity contribution in [3.63, 3.8) is 0 Å². The van der Waals surface area contributed by atoms with Crippen molar-refractivity contribution in [2.24, 2.45) is 21.8 Å². The number of amides is 4. The van der Waals surface area contributed by atoms with Crippen LogP contribution in [0.2, 0.25) is 0 Å². The van der Waals surface area contributed by atoms with E-state index in [4.69, 9.17) is 28.9 Å². The van der Waals surface area contributed by atoms with E-state index < -0.39 is 17.9 Å². The number of para-hydroxylation sites is 2. The van der Waals surface area contributed by atoms with E-state index in [1.165, 1.54) is 14.2 Å². The molecule has 2 N–H and O–H groups in total. The minimum Gasteiger partial charge on any atom is -0.493 e. The summed E-state index contributed by atoms with van der Waals surface area (Å²) in [7, 11) is 3.00. The van der Waals surface area contributed by atoms with Crippen molar-refractivity contribution in [1.82, 2.24) is 5.32 Å². The molecule has 5 aromatic rings. The Kier molecular flexibility index (Phi) is 15.6. The molecule has 388 valence electrons. The predicted octanol–water partition coefficient (Wildman–Crippen LogP) is 9.65. The van der Waals surface area contributed by atoms with E-state index in [0.717, 1.165) is 22.5 Å². The Balaban J connectivity index is 0.945. The Morgan fingerprint density at radius 1 is 0.667 bits per heavy atom. The van der Waals surface area contributed by atoms with Crippen LogP contribution in [0, 0.1) is 11.8 Å². The number of carbonyl (C=O) groups is 6. The molecule has 16 nitrogen and oxygen atoms in total. The number of methoxy groups -OCH3 is 2. The van der Waals surface area contributed by atoms with E-state index in [1.54, 1.807) is 65.6 Å². The van der Waals surface area contributed by atoms with Gasteiger partial charge in [-0.3, -0.25) is 48.6 Å². The van der Waals surface area contributed by atoms with Crippen LogP contribution < -0.4 is 39.4 Å². The van der Waals surface area contributed by atoms with Gasteiger partial charge in [-0.05, 0) is 83.5 Å². The number of unbranched alkanes of at least 4 members (excludes halogenated alkanes) is 1. The Bertz CT molecular complexity index is 2970. The zero-order chi connectivity index (χ0) is 52.9. The van der Waals surface area contributed by atoms with E-state index in [2.05, 4.69) is 10.6 Å². The minimum absolute atomic E-state index is 0.00977. The zero-order valence-electron chi connectivity index (χ0n) is 43.1. The van der Waals surface area contributed by atoms with Crippen molar-refractivity contribution < 1.29 is 47.7 Å². The van der Waals surface area contributed by atoms with Gasteiger partial charge >= 0.3 is 0 Å². The van der Waals surface area contributed by atoms with Gasteiger partial charge in [0.25, 0.3) is 11.8 Å². The number of rotatable bonds is 21. The number of anilines is 3. The highest BCUT2D eigenvalue weighted by Gasteiger charge is 2.38. The van der Waals surface area contributed by atoms with Crippen molar-refractivity contribution in [3.05, 3.63) is 124 Å². The van der Waals surface area contributed by atoms with E-state index in [9.17, 15) is 28.8 Å². The third kappa shape index (κ3) is 11.2. The van der Waals surface area contributed by atoms with Gasteiger partial charge in [-0.2, -0.15) is 0 Å². The van der Waals surface area contributed by atoms with Gasteiger partial charge in [-0.15, -0.1) is 0 Å². The smallest absolute Gasteiger partial charge is 0.261 e. The summed E-state index contributed by atoms with van der Waals surface area (Å²) in [5.41, 5.74) is 7.14. The molecule has 0 saturated carbocycles. The summed E-state index contributed by atoms with van der Waals surface area (Å²) in [5, 5.41) is 5.86. The molecule has 0 saturated heterocycles. The summed E-state index contributed by atoms with van der Waals surface area (Å²) >= 11 is 0. The summed E-state index contributed by atoms with van der Waals surface area (Å²) in [6, 6.07) is 26.5. The second-order valence-electron chi connectivity index (χ2n) is 19.8. The number of benzene rings is 5. The van der Waals surface area contributed by atoms with Crippen LogP contribution in [0.25, 0.3) is 0 Å². The minimum atomic E-state index is -0.792. The van der Waals surface area contributed by atoms with Gasteiger partial charge in [0, 0.05) is 86.1 Å². The second kappa shape index (κ2) is 22.5. The van der Waals surface area contributed by atoms with Crippen LogP contribution in [0.3, 0.4) is 0 Å². The molecule has 75 heavy (non-hydrogen) atoms. The van der Waals surface area contributed by atoms with Crippen LogP contribution in [0.15, 0.2) is 101 Å². The van der Waals surface area contributed by atoms with E-state index in [1.807, 2.05) is 75.4 Å². The quantitative estimate of drug-likeness (QED) is 0.0669. The van der Waals surface area contributed by atoms with Crippen LogP contribution in [0.1, 0.15) is 109 Å². The first kappa shape index (κ1) is 51.7. The molecule has 5 aromatic carbocycles. The van der Waals surface area contributed by atoms with Gasteiger partial charge in [-0.1, -0.05) is 64.1 Å². The number of aliphatic imine (C=N–C) groups is 2. The van der Waals surface area contributed by atoms with Gasteiger partial charge in [0.1, 0.15) is 19.0 Å². The maximum atomic E-state index is 14.1. The second-order valence-corrected chi connectivity index (χ2v) is 19.8. The maximum absolute atomic E-state index is 14.1. The standard InChI is InChI=1S/C59H62N6O10/c1-7-43(66)16-10-13-19-55(68)63-56(34(2)3)50(67)20-35(4)57(69)62-40-22-36(32-74-53-28-46-44(26-51(53)72-5)58(70)64-41(30-60-46)24-38-14-8-11-17-48(38)64)21-37(23-40)33-75-54-29-47-45(27-52(54)73-6)59(71)65-42(31-61-47)25-39-15-9-12-18-49(39)65/h8-9,11-12,14-15,17-18,21-23,26-31,34-35,41-42,56H,7,10,13,16,19-20,24-25,32-33H2,1-6H3,(H,62,69)(H,63,68)/t35-,41+,42+,56+/m1/s1. The summed E-state index contributed by atoms with van der Waals surface area (Å²) in [6.07, 6.45) is 6.96. The average molecular weight is 1020 g/mol. The molecule has 4 aliphatic rings. The Morgan fingerprint density at radius 2 is 1.17 bits per heavy atom. The lowest BCUT2D eigenvalue weighted by Gasteiger charge is -2.23. The maximum Gasteiger partial charge on any atom is 0.261 e. The number of nitrogens with zero attached hydrogens (tertiary/aromatic N) is 4. The molecule has 0 fully saturated rings. The summed E-state index contributed by atoms with van der Waals surface area (Å²) in [4.78, 5) is 93.5. The number of Topliss-reactive ketones (excluding diaryl/α,β-unsaturated/α-hetero) is 2. The fourth-order valence-electron chi connectivity index (χ4n) is 10.1. The number of hydrogen-bond acceptors (Lipinski definition) is 12. The first-order valence-corrected chi connectivity index (χ1v) is 25.6. The zero-order valence-corrected chi connectivity index (χ0v) is 43.1. The Hall–Kier alpha value is -8.14. The molecule has 0 bridgehead atoms. The third-order valence-corrected chi connectivity index (χ3v) is 14.2. The van der Waals surface area contributed by atoms with Gasteiger partial charge in [0.2, 0.25) is 11.8 Å². The highest BCUT2D eigenvalue weighted by molar-refractivity contribution is 6.16. The molecular formula is C59H62N6O10. The molecule has 16 heteroatoms. The van der Waals surface area contributed by atoms with Gasteiger partial charge in [-0.25, -0.2) is 0 Å². The molecule has 0 aromatic heterocycles. The highest BCUT2D eigenvalue weighted by atomic mass is 16.5. The van der Waals surface area contributed by atoms with Gasteiger partial charge in [0.05, 0.1) is 54.8 Å². The molecule has 4 heterocycles. The summed E-state index contributed by atoms with van der Waals surface area (Å²) in [6.45, 7) is 7.14. The van der Waals surface area contributed by atoms with Crippen molar-refractivity contribution >= 4 is 76.1 Å². The molecule has 0 unspecified atom stereocenters. The molecule has 0 spiro atoms. The van der Waals surface area contributed by atoms with Crippen molar-refractivity contribution in [2.75, 3.05) is 29.3 Å².